The van der Waals surface area contributed by atoms with Crippen LogP contribution >= 0.6 is 0 Å². The van der Waals surface area contributed by atoms with Crippen molar-refractivity contribution in [3.05, 3.63) is 112 Å². The van der Waals surface area contributed by atoms with Gasteiger partial charge in [0.15, 0.2) is 11.6 Å². The molecule has 0 aliphatic heterocycles. The van der Waals surface area contributed by atoms with Crippen LogP contribution in [0.2, 0.25) is 0 Å². The highest BCUT2D eigenvalue weighted by molar-refractivity contribution is 7.87. The van der Waals surface area contributed by atoms with Gasteiger partial charge in [0, 0.05) is 16.8 Å². The molecular weight excluding hydrogens is 488 g/mol. The fourth-order valence-electron chi connectivity index (χ4n) is 4.40. The standard InChI is InChI=1S/C29H24N2O5S/c1-17-8-11-19(12-9-17)30-23-14-15-24(31-22-13-10-18(2)16-25(22)37(34,35)36-3)27-26(23)28(32)20-6-4-5-7-21(20)29(27)33/h4-16,30-31H,1-3H3. The number of benzene rings is 4. The van der Waals surface area contributed by atoms with Crippen LogP contribution in [0, 0.1) is 13.8 Å². The second-order valence-corrected chi connectivity index (χ2v) is 10.5. The Kier molecular flexibility index (Phi) is 6.15. The number of nitrogens with one attached hydrogen (secondary N) is 2. The lowest BCUT2D eigenvalue weighted by Gasteiger charge is -2.24. The molecule has 0 heterocycles. The summed E-state index contributed by atoms with van der Waals surface area (Å²) < 4.78 is 30.0. The monoisotopic (exact) mass is 512 g/mol. The fourth-order valence-corrected chi connectivity index (χ4v) is 5.30. The Bertz CT molecular complexity index is 1680. The minimum Gasteiger partial charge on any atom is -0.355 e. The molecule has 0 saturated carbocycles. The van der Waals surface area contributed by atoms with Gasteiger partial charge in [-0.25, -0.2) is 0 Å². The summed E-state index contributed by atoms with van der Waals surface area (Å²) in [5, 5.41) is 6.36. The van der Waals surface area contributed by atoms with Crippen molar-refractivity contribution in [2.24, 2.45) is 0 Å². The Hall–Kier alpha value is -4.27. The summed E-state index contributed by atoms with van der Waals surface area (Å²) in [5.74, 6) is -0.624. The molecule has 0 amide bonds. The van der Waals surface area contributed by atoms with Crippen molar-refractivity contribution in [2.75, 3.05) is 17.7 Å². The zero-order valence-corrected chi connectivity index (χ0v) is 21.3. The van der Waals surface area contributed by atoms with E-state index in [2.05, 4.69) is 10.6 Å². The molecule has 8 heteroatoms. The smallest absolute Gasteiger partial charge is 0.298 e. The third kappa shape index (κ3) is 4.41. The Morgan fingerprint density at radius 1 is 0.649 bits per heavy atom. The van der Waals surface area contributed by atoms with Gasteiger partial charge in [0.25, 0.3) is 10.1 Å². The maximum atomic E-state index is 13.7. The molecule has 0 spiro atoms. The number of rotatable bonds is 6. The van der Waals surface area contributed by atoms with Crippen molar-refractivity contribution in [3.63, 3.8) is 0 Å². The van der Waals surface area contributed by atoms with E-state index in [1.807, 2.05) is 31.2 Å². The average Bonchev–Trinajstić information content (AvgIpc) is 2.90. The summed E-state index contributed by atoms with van der Waals surface area (Å²) in [6, 6.07) is 22.6. The van der Waals surface area contributed by atoms with Crippen molar-refractivity contribution in [3.8, 4) is 0 Å². The number of hydrogen-bond donors (Lipinski definition) is 2. The van der Waals surface area contributed by atoms with Gasteiger partial charge in [0.05, 0.1) is 35.3 Å². The molecule has 0 aromatic heterocycles. The minimum absolute atomic E-state index is 0.0689. The van der Waals surface area contributed by atoms with Crippen LogP contribution < -0.4 is 10.6 Å². The topological polar surface area (TPSA) is 102 Å². The highest BCUT2D eigenvalue weighted by atomic mass is 32.2. The van der Waals surface area contributed by atoms with Crippen LogP contribution in [0.25, 0.3) is 0 Å². The molecule has 1 aliphatic carbocycles. The van der Waals surface area contributed by atoms with Crippen molar-refractivity contribution >= 4 is 44.4 Å². The zero-order chi connectivity index (χ0) is 26.3. The first-order valence-corrected chi connectivity index (χ1v) is 13.0. The van der Waals surface area contributed by atoms with Gasteiger partial charge >= 0.3 is 0 Å². The summed E-state index contributed by atoms with van der Waals surface area (Å²) in [7, 11) is -2.95. The number of hydrogen-bond acceptors (Lipinski definition) is 7. The third-order valence-corrected chi connectivity index (χ3v) is 7.62. The van der Waals surface area contributed by atoms with Crippen molar-refractivity contribution in [2.45, 2.75) is 18.7 Å². The van der Waals surface area contributed by atoms with Crippen LogP contribution in [0.3, 0.4) is 0 Å². The van der Waals surface area contributed by atoms with E-state index in [9.17, 15) is 18.0 Å². The minimum atomic E-state index is -4.04. The normalized spacial score (nSPS) is 12.6. The van der Waals surface area contributed by atoms with Crippen molar-refractivity contribution < 1.29 is 22.2 Å². The molecule has 4 aromatic rings. The van der Waals surface area contributed by atoms with Gasteiger partial charge in [-0.2, -0.15) is 8.42 Å². The van der Waals surface area contributed by atoms with Gasteiger partial charge in [0.1, 0.15) is 4.90 Å². The molecule has 4 aromatic carbocycles. The lowest BCUT2D eigenvalue weighted by Crippen LogP contribution is -2.23. The summed E-state index contributed by atoms with van der Waals surface area (Å²) in [4.78, 5) is 27.4. The molecule has 0 atom stereocenters. The van der Waals surface area contributed by atoms with Gasteiger partial charge in [0.2, 0.25) is 0 Å². The molecule has 0 radical (unpaired) electrons. The van der Waals surface area contributed by atoms with E-state index < -0.39 is 10.1 Å². The van der Waals surface area contributed by atoms with E-state index in [1.165, 1.54) is 6.07 Å². The summed E-state index contributed by atoms with van der Waals surface area (Å²) in [6.45, 7) is 3.75. The van der Waals surface area contributed by atoms with Crippen LogP contribution in [0.1, 0.15) is 43.0 Å². The molecule has 186 valence electrons. The van der Waals surface area contributed by atoms with E-state index in [0.717, 1.165) is 23.9 Å². The lowest BCUT2D eigenvalue weighted by atomic mass is 9.82. The molecular formula is C29H24N2O5S. The number of carbonyl (C=O) groups is 2. The molecule has 7 nitrogen and oxygen atoms in total. The highest BCUT2D eigenvalue weighted by Gasteiger charge is 2.34. The Morgan fingerprint density at radius 3 is 1.73 bits per heavy atom. The van der Waals surface area contributed by atoms with Gasteiger partial charge < -0.3 is 10.6 Å². The van der Waals surface area contributed by atoms with Crippen molar-refractivity contribution in [1.29, 1.82) is 0 Å². The average molecular weight is 513 g/mol. The first kappa shape index (κ1) is 24.4. The second-order valence-electron chi connectivity index (χ2n) is 8.85. The van der Waals surface area contributed by atoms with Crippen LogP contribution in [0.4, 0.5) is 22.7 Å². The van der Waals surface area contributed by atoms with Gasteiger partial charge in [-0.3, -0.25) is 13.8 Å². The number of aryl methyl sites for hydroxylation is 2. The van der Waals surface area contributed by atoms with Crippen molar-refractivity contribution in [1.82, 2.24) is 0 Å². The van der Waals surface area contributed by atoms with Crippen LogP contribution in [0.15, 0.2) is 83.8 Å². The number of ketones is 2. The first-order chi connectivity index (χ1) is 17.7. The first-order valence-electron chi connectivity index (χ1n) is 11.6. The zero-order valence-electron chi connectivity index (χ0n) is 20.5. The maximum absolute atomic E-state index is 13.7. The lowest BCUT2D eigenvalue weighted by molar-refractivity contribution is 0.0980. The number of carbonyl (C=O) groups excluding carboxylic acids is 2. The predicted octanol–water partition coefficient (Wildman–Crippen LogP) is 5.90. The number of anilines is 4. The SMILES string of the molecule is COS(=O)(=O)c1cc(C)ccc1Nc1ccc(Nc2ccc(C)cc2)c2c1C(=O)c1ccccc1C2=O. The quantitative estimate of drug-likeness (QED) is 0.273. The molecule has 37 heavy (non-hydrogen) atoms. The van der Waals surface area contributed by atoms with Crippen LogP contribution in [-0.4, -0.2) is 27.1 Å². The molecule has 1 aliphatic rings. The maximum Gasteiger partial charge on any atom is 0.298 e. The molecule has 0 unspecified atom stereocenters. The Labute approximate surface area is 215 Å². The largest absolute Gasteiger partial charge is 0.355 e. The van der Waals surface area contributed by atoms with E-state index >= 15 is 0 Å². The van der Waals surface area contributed by atoms with E-state index in [1.54, 1.807) is 55.5 Å². The molecule has 0 bridgehead atoms. The predicted molar refractivity (Wildman–Crippen MR) is 143 cm³/mol. The van der Waals surface area contributed by atoms with E-state index in [-0.39, 0.29) is 33.3 Å². The third-order valence-electron chi connectivity index (χ3n) is 6.30. The van der Waals surface area contributed by atoms with Gasteiger partial charge in [-0.05, 0) is 55.8 Å². The number of fused-ring (bicyclic) bond motifs is 2. The van der Waals surface area contributed by atoms with Crippen LogP contribution in [0.5, 0.6) is 0 Å². The van der Waals surface area contributed by atoms with Gasteiger partial charge in [-0.15, -0.1) is 0 Å². The summed E-state index contributed by atoms with van der Waals surface area (Å²) >= 11 is 0. The Morgan fingerprint density at radius 2 is 1.16 bits per heavy atom. The van der Waals surface area contributed by atoms with E-state index in [0.29, 0.717) is 22.5 Å². The molecule has 5 rings (SSSR count). The van der Waals surface area contributed by atoms with Gasteiger partial charge in [-0.1, -0.05) is 48.0 Å². The summed E-state index contributed by atoms with van der Waals surface area (Å²) in [6.07, 6.45) is 0. The molecule has 0 fully saturated rings. The fraction of sp³-hybridized carbons (Fsp3) is 0.103. The molecule has 0 saturated heterocycles. The highest BCUT2D eigenvalue weighted by Crippen LogP contribution is 2.39. The molecule has 2 N–H and O–H groups in total. The van der Waals surface area contributed by atoms with Crippen LogP contribution in [-0.2, 0) is 14.3 Å². The van der Waals surface area contributed by atoms with E-state index in [4.69, 9.17) is 4.18 Å². The second kappa shape index (κ2) is 9.31. The Balaban J connectivity index is 1.69. The summed E-state index contributed by atoms with van der Waals surface area (Å²) in [5.41, 5.74) is 4.60.